The highest BCUT2D eigenvalue weighted by Crippen LogP contribution is 2.28. The van der Waals surface area contributed by atoms with Gasteiger partial charge in [0.15, 0.2) is 0 Å². The Bertz CT molecular complexity index is 183. The Labute approximate surface area is 72.5 Å². The summed E-state index contributed by atoms with van der Waals surface area (Å²) >= 11 is 0. The maximum atomic E-state index is 10.8. The molecule has 3 heteroatoms. The van der Waals surface area contributed by atoms with Gasteiger partial charge in [-0.3, -0.25) is 4.79 Å². The van der Waals surface area contributed by atoms with E-state index >= 15 is 0 Å². The maximum absolute atomic E-state index is 10.8. The van der Waals surface area contributed by atoms with Gasteiger partial charge >= 0.3 is 0 Å². The van der Waals surface area contributed by atoms with Gasteiger partial charge in [0.25, 0.3) is 0 Å². The van der Waals surface area contributed by atoms with E-state index in [4.69, 9.17) is 0 Å². The SMILES string of the molecule is C=CC(=O)NCC1(O)CCCC1. The van der Waals surface area contributed by atoms with Crippen LogP contribution in [0, 0.1) is 0 Å². The molecule has 2 N–H and O–H groups in total. The number of rotatable bonds is 3. The van der Waals surface area contributed by atoms with Gasteiger partial charge in [0.2, 0.25) is 5.91 Å². The lowest BCUT2D eigenvalue weighted by Crippen LogP contribution is -2.40. The van der Waals surface area contributed by atoms with Crippen molar-refractivity contribution in [1.29, 1.82) is 0 Å². The number of carbonyl (C=O) groups excluding carboxylic acids is 1. The fourth-order valence-corrected chi connectivity index (χ4v) is 1.53. The summed E-state index contributed by atoms with van der Waals surface area (Å²) in [5.41, 5.74) is -0.654. The van der Waals surface area contributed by atoms with Crippen LogP contribution in [0.5, 0.6) is 0 Å². The number of aliphatic hydroxyl groups is 1. The van der Waals surface area contributed by atoms with E-state index in [2.05, 4.69) is 11.9 Å². The van der Waals surface area contributed by atoms with Crippen LogP contribution in [-0.4, -0.2) is 23.2 Å². The molecule has 0 aromatic carbocycles. The first-order valence-corrected chi connectivity index (χ1v) is 4.29. The molecule has 0 bridgehead atoms. The zero-order chi connectivity index (χ0) is 9.03. The average molecular weight is 169 g/mol. The molecule has 3 nitrogen and oxygen atoms in total. The van der Waals surface area contributed by atoms with Crippen molar-refractivity contribution in [1.82, 2.24) is 5.32 Å². The summed E-state index contributed by atoms with van der Waals surface area (Å²) < 4.78 is 0. The second-order valence-electron chi connectivity index (χ2n) is 3.35. The summed E-state index contributed by atoms with van der Waals surface area (Å²) in [6.45, 7) is 3.69. The molecule has 0 aliphatic heterocycles. The fourth-order valence-electron chi connectivity index (χ4n) is 1.53. The van der Waals surface area contributed by atoms with Gasteiger partial charge < -0.3 is 10.4 Å². The molecule has 0 heterocycles. The molecule has 1 saturated carbocycles. The molecule has 1 fully saturated rings. The van der Waals surface area contributed by atoms with Gasteiger partial charge in [-0.2, -0.15) is 0 Å². The van der Waals surface area contributed by atoms with Crippen LogP contribution in [-0.2, 0) is 4.79 Å². The third-order valence-electron chi connectivity index (χ3n) is 2.31. The number of hydrogen-bond donors (Lipinski definition) is 2. The number of amides is 1. The summed E-state index contributed by atoms with van der Waals surface area (Å²) in [6.07, 6.45) is 4.92. The predicted molar refractivity (Wildman–Crippen MR) is 46.6 cm³/mol. The van der Waals surface area contributed by atoms with E-state index in [1.54, 1.807) is 0 Å². The largest absolute Gasteiger partial charge is 0.388 e. The predicted octanol–water partition coefficient (Wildman–Crippen LogP) is 0.594. The molecule has 0 radical (unpaired) electrons. The lowest BCUT2D eigenvalue weighted by Gasteiger charge is -2.21. The molecule has 0 spiro atoms. The van der Waals surface area contributed by atoms with Crippen molar-refractivity contribution in [3.63, 3.8) is 0 Å². The Balaban J connectivity index is 2.30. The Hall–Kier alpha value is -0.830. The van der Waals surface area contributed by atoms with Crippen molar-refractivity contribution >= 4 is 5.91 Å². The molecule has 0 unspecified atom stereocenters. The van der Waals surface area contributed by atoms with Gasteiger partial charge in [0.1, 0.15) is 0 Å². The number of carbonyl (C=O) groups is 1. The van der Waals surface area contributed by atoms with Crippen LogP contribution in [0.3, 0.4) is 0 Å². The van der Waals surface area contributed by atoms with Crippen molar-refractivity contribution in [2.24, 2.45) is 0 Å². The normalized spacial score (nSPS) is 20.4. The van der Waals surface area contributed by atoms with Crippen molar-refractivity contribution in [3.8, 4) is 0 Å². The summed E-state index contributed by atoms with van der Waals surface area (Å²) in [4.78, 5) is 10.8. The molecule has 0 atom stereocenters. The van der Waals surface area contributed by atoms with E-state index in [1.807, 2.05) is 0 Å². The zero-order valence-electron chi connectivity index (χ0n) is 7.18. The lowest BCUT2D eigenvalue weighted by atomic mass is 10.0. The first-order chi connectivity index (χ1) is 5.66. The minimum atomic E-state index is -0.654. The third kappa shape index (κ3) is 2.34. The van der Waals surface area contributed by atoms with Crippen molar-refractivity contribution < 1.29 is 9.90 Å². The Morgan fingerprint density at radius 2 is 2.17 bits per heavy atom. The number of nitrogens with one attached hydrogen (secondary N) is 1. The standard InChI is InChI=1S/C9H15NO2/c1-2-8(11)10-7-9(12)5-3-4-6-9/h2,12H,1,3-7H2,(H,10,11). The quantitative estimate of drug-likeness (QED) is 0.608. The highest BCUT2D eigenvalue weighted by molar-refractivity contribution is 5.86. The topological polar surface area (TPSA) is 49.3 Å². The molecule has 0 saturated heterocycles. The van der Waals surface area contributed by atoms with Gasteiger partial charge in [0.05, 0.1) is 5.60 Å². The smallest absolute Gasteiger partial charge is 0.243 e. The Morgan fingerprint density at radius 1 is 1.58 bits per heavy atom. The molecule has 12 heavy (non-hydrogen) atoms. The van der Waals surface area contributed by atoms with Crippen LogP contribution in [0.25, 0.3) is 0 Å². The van der Waals surface area contributed by atoms with Crippen molar-refractivity contribution in [3.05, 3.63) is 12.7 Å². The maximum Gasteiger partial charge on any atom is 0.243 e. The van der Waals surface area contributed by atoms with Crippen molar-refractivity contribution in [2.75, 3.05) is 6.54 Å². The van der Waals surface area contributed by atoms with E-state index < -0.39 is 5.60 Å². The number of hydrogen-bond acceptors (Lipinski definition) is 2. The highest BCUT2D eigenvalue weighted by Gasteiger charge is 2.30. The van der Waals surface area contributed by atoms with Crippen molar-refractivity contribution in [2.45, 2.75) is 31.3 Å². The molecule has 1 aliphatic carbocycles. The van der Waals surface area contributed by atoms with Gasteiger partial charge in [0, 0.05) is 6.54 Å². The van der Waals surface area contributed by atoms with Crippen LogP contribution in [0.15, 0.2) is 12.7 Å². The molecule has 1 aliphatic rings. The van der Waals surface area contributed by atoms with Gasteiger partial charge in [-0.25, -0.2) is 0 Å². The van der Waals surface area contributed by atoms with E-state index in [0.29, 0.717) is 6.54 Å². The van der Waals surface area contributed by atoms with Gasteiger partial charge in [-0.05, 0) is 18.9 Å². The summed E-state index contributed by atoms with van der Waals surface area (Å²) in [5.74, 6) is -0.213. The Morgan fingerprint density at radius 3 is 2.67 bits per heavy atom. The molecule has 0 aromatic rings. The molecule has 68 valence electrons. The second-order valence-corrected chi connectivity index (χ2v) is 3.35. The highest BCUT2D eigenvalue weighted by atomic mass is 16.3. The first kappa shape index (κ1) is 9.26. The van der Waals surface area contributed by atoms with E-state index in [9.17, 15) is 9.90 Å². The average Bonchev–Trinajstić information content (AvgIpc) is 2.49. The van der Waals surface area contributed by atoms with Gasteiger partial charge in [-0.15, -0.1) is 0 Å². The van der Waals surface area contributed by atoms with Crippen LogP contribution >= 0.6 is 0 Å². The second kappa shape index (κ2) is 3.72. The minimum Gasteiger partial charge on any atom is -0.388 e. The van der Waals surface area contributed by atoms with E-state index in [1.165, 1.54) is 6.08 Å². The molecule has 1 rings (SSSR count). The fraction of sp³-hybridized carbons (Fsp3) is 0.667. The Kier molecular flexibility index (Phi) is 2.87. The molecule has 1 amide bonds. The van der Waals surface area contributed by atoms with E-state index in [0.717, 1.165) is 25.7 Å². The van der Waals surface area contributed by atoms with Gasteiger partial charge in [-0.1, -0.05) is 19.4 Å². The van der Waals surface area contributed by atoms with E-state index in [-0.39, 0.29) is 5.91 Å². The molecule has 0 aromatic heterocycles. The first-order valence-electron chi connectivity index (χ1n) is 4.29. The summed E-state index contributed by atoms with van der Waals surface area (Å²) in [7, 11) is 0. The zero-order valence-corrected chi connectivity index (χ0v) is 7.18. The molecular weight excluding hydrogens is 154 g/mol. The lowest BCUT2D eigenvalue weighted by molar-refractivity contribution is -0.117. The van der Waals surface area contributed by atoms with Crippen LogP contribution in [0.2, 0.25) is 0 Å². The summed E-state index contributed by atoms with van der Waals surface area (Å²) in [5, 5.41) is 12.4. The summed E-state index contributed by atoms with van der Waals surface area (Å²) in [6, 6.07) is 0. The third-order valence-corrected chi connectivity index (χ3v) is 2.31. The van der Waals surface area contributed by atoms with Crippen LogP contribution in [0.4, 0.5) is 0 Å². The monoisotopic (exact) mass is 169 g/mol. The van der Waals surface area contributed by atoms with Crippen LogP contribution in [0.1, 0.15) is 25.7 Å². The minimum absolute atomic E-state index is 0.213. The molecular formula is C9H15NO2. The van der Waals surface area contributed by atoms with Crippen LogP contribution < -0.4 is 5.32 Å².